The zero-order valence-electron chi connectivity index (χ0n) is 13.8. The summed E-state index contributed by atoms with van der Waals surface area (Å²) in [5.74, 6) is -0.146. The molecule has 5 nitrogen and oxygen atoms in total. The molecule has 124 valence electrons. The second-order valence-corrected chi connectivity index (χ2v) is 6.54. The summed E-state index contributed by atoms with van der Waals surface area (Å²) in [6.07, 6.45) is 4.00. The summed E-state index contributed by atoms with van der Waals surface area (Å²) in [7, 11) is 1.77. The highest BCUT2D eigenvalue weighted by molar-refractivity contribution is 9.10. The summed E-state index contributed by atoms with van der Waals surface area (Å²) in [6.45, 7) is 3.84. The number of aryl methyl sites for hydroxylation is 2. The molecule has 0 saturated carbocycles. The van der Waals surface area contributed by atoms with E-state index in [1.807, 2.05) is 67.2 Å². The van der Waals surface area contributed by atoms with E-state index < -0.39 is 0 Å². The van der Waals surface area contributed by atoms with E-state index in [9.17, 15) is 4.79 Å². The van der Waals surface area contributed by atoms with Gasteiger partial charge in [-0.2, -0.15) is 5.10 Å². The molecule has 0 aliphatic carbocycles. The maximum atomic E-state index is 12.5. The number of rotatable bonds is 4. The smallest absolute Gasteiger partial charge is 0.271 e. The summed E-state index contributed by atoms with van der Waals surface area (Å²) in [6, 6.07) is 12.0. The third-order valence-corrected chi connectivity index (χ3v) is 4.96. The summed E-state index contributed by atoms with van der Waals surface area (Å²) >= 11 is 3.43. The van der Waals surface area contributed by atoms with Gasteiger partial charge in [0.05, 0.1) is 16.2 Å². The van der Waals surface area contributed by atoms with Crippen LogP contribution in [0.3, 0.4) is 0 Å². The molecule has 24 heavy (non-hydrogen) atoms. The molecule has 0 bridgehead atoms. The maximum Gasteiger partial charge on any atom is 0.271 e. The van der Waals surface area contributed by atoms with Crippen LogP contribution >= 0.6 is 15.9 Å². The van der Waals surface area contributed by atoms with E-state index in [1.54, 1.807) is 11.7 Å². The van der Waals surface area contributed by atoms with Crippen molar-refractivity contribution in [3.63, 3.8) is 0 Å². The molecule has 6 heteroatoms. The van der Waals surface area contributed by atoms with Crippen molar-refractivity contribution in [1.82, 2.24) is 19.7 Å². The van der Waals surface area contributed by atoms with Crippen molar-refractivity contribution < 1.29 is 4.79 Å². The molecule has 0 radical (unpaired) electrons. The van der Waals surface area contributed by atoms with E-state index in [0.29, 0.717) is 5.69 Å². The SMILES string of the molecule is Cc1nn(C)c(C(=O)NC(C)c2ccc(-n3cccc3)cc2)c1Br. The highest BCUT2D eigenvalue weighted by Crippen LogP contribution is 2.22. The fourth-order valence-corrected chi connectivity index (χ4v) is 3.19. The van der Waals surface area contributed by atoms with Crippen LogP contribution in [0.1, 0.15) is 34.7 Å². The number of carbonyl (C=O) groups is 1. The van der Waals surface area contributed by atoms with Crippen molar-refractivity contribution in [2.24, 2.45) is 7.05 Å². The number of carbonyl (C=O) groups excluding carboxylic acids is 1. The van der Waals surface area contributed by atoms with Gasteiger partial charge in [0.25, 0.3) is 5.91 Å². The number of halogens is 1. The van der Waals surface area contributed by atoms with Gasteiger partial charge in [0.15, 0.2) is 0 Å². The molecule has 1 atom stereocenters. The predicted octanol–water partition coefficient (Wildman–Crippen LogP) is 3.77. The lowest BCUT2D eigenvalue weighted by Crippen LogP contribution is -2.28. The van der Waals surface area contributed by atoms with Gasteiger partial charge in [-0.1, -0.05) is 12.1 Å². The van der Waals surface area contributed by atoms with Gasteiger partial charge < -0.3 is 9.88 Å². The predicted molar refractivity (Wildman–Crippen MR) is 97.3 cm³/mol. The van der Waals surface area contributed by atoms with Gasteiger partial charge in [-0.15, -0.1) is 0 Å². The number of aromatic nitrogens is 3. The Kier molecular flexibility index (Phi) is 4.57. The molecule has 1 amide bonds. The minimum absolute atomic E-state index is 0.0988. The van der Waals surface area contributed by atoms with Crippen LogP contribution in [0.4, 0.5) is 0 Å². The normalized spacial score (nSPS) is 12.2. The van der Waals surface area contributed by atoms with Gasteiger partial charge in [0.1, 0.15) is 5.69 Å². The first-order valence-electron chi connectivity index (χ1n) is 7.70. The number of nitrogens with one attached hydrogen (secondary N) is 1. The van der Waals surface area contributed by atoms with E-state index in [2.05, 4.69) is 26.3 Å². The van der Waals surface area contributed by atoms with Gasteiger partial charge >= 0.3 is 0 Å². The Hall–Kier alpha value is -2.34. The van der Waals surface area contributed by atoms with Crippen LogP contribution in [0, 0.1) is 6.92 Å². The van der Waals surface area contributed by atoms with Crippen molar-refractivity contribution in [3.8, 4) is 5.69 Å². The van der Waals surface area contributed by atoms with Crippen LogP contribution in [-0.4, -0.2) is 20.3 Å². The molecule has 3 aromatic rings. The Labute approximate surface area is 149 Å². The van der Waals surface area contributed by atoms with Gasteiger partial charge in [-0.25, -0.2) is 0 Å². The van der Waals surface area contributed by atoms with Crippen LogP contribution in [0.2, 0.25) is 0 Å². The number of amides is 1. The topological polar surface area (TPSA) is 51.9 Å². The second kappa shape index (κ2) is 6.65. The van der Waals surface area contributed by atoms with Gasteiger partial charge in [0, 0.05) is 25.1 Å². The lowest BCUT2D eigenvalue weighted by molar-refractivity contribution is 0.0929. The van der Waals surface area contributed by atoms with Gasteiger partial charge in [0.2, 0.25) is 0 Å². The summed E-state index contributed by atoms with van der Waals surface area (Å²) in [5, 5.41) is 7.28. The lowest BCUT2D eigenvalue weighted by Gasteiger charge is -2.15. The number of hydrogen-bond acceptors (Lipinski definition) is 2. The quantitative estimate of drug-likeness (QED) is 0.741. The van der Waals surface area contributed by atoms with Crippen LogP contribution in [0.5, 0.6) is 0 Å². The van der Waals surface area contributed by atoms with E-state index in [4.69, 9.17) is 0 Å². The summed E-state index contributed by atoms with van der Waals surface area (Å²) in [5.41, 5.74) is 3.47. The second-order valence-electron chi connectivity index (χ2n) is 5.75. The zero-order valence-corrected chi connectivity index (χ0v) is 15.4. The molecule has 0 aliphatic heterocycles. The third kappa shape index (κ3) is 3.14. The van der Waals surface area contributed by atoms with E-state index in [0.717, 1.165) is 21.4 Å². The minimum Gasteiger partial charge on any atom is -0.344 e. The van der Waals surface area contributed by atoms with Crippen molar-refractivity contribution in [2.75, 3.05) is 0 Å². The maximum absolute atomic E-state index is 12.5. The Morgan fingerprint density at radius 3 is 2.38 bits per heavy atom. The summed E-state index contributed by atoms with van der Waals surface area (Å²) in [4.78, 5) is 12.5. The monoisotopic (exact) mass is 386 g/mol. The number of hydrogen-bond donors (Lipinski definition) is 1. The highest BCUT2D eigenvalue weighted by Gasteiger charge is 2.20. The van der Waals surface area contributed by atoms with Gasteiger partial charge in [-0.05, 0) is 59.6 Å². The minimum atomic E-state index is -0.146. The molecular formula is C18H19BrN4O. The molecule has 0 fully saturated rings. The number of nitrogens with zero attached hydrogens (tertiary/aromatic N) is 3. The van der Waals surface area contributed by atoms with Crippen molar-refractivity contribution >= 4 is 21.8 Å². The molecule has 0 aliphatic rings. The van der Waals surface area contributed by atoms with E-state index in [1.165, 1.54) is 0 Å². The molecule has 0 saturated heterocycles. The lowest BCUT2D eigenvalue weighted by atomic mass is 10.1. The Morgan fingerprint density at radius 1 is 1.21 bits per heavy atom. The fraction of sp³-hybridized carbons (Fsp3) is 0.222. The van der Waals surface area contributed by atoms with Crippen LogP contribution in [0.25, 0.3) is 5.69 Å². The average Bonchev–Trinajstić information content (AvgIpc) is 3.16. The summed E-state index contributed by atoms with van der Waals surface area (Å²) < 4.78 is 4.37. The Bertz CT molecular complexity index is 850. The average molecular weight is 387 g/mol. The molecule has 1 aromatic carbocycles. The largest absolute Gasteiger partial charge is 0.344 e. The fourth-order valence-electron chi connectivity index (χ4n) is 2.67. The standard InChI is InChI=1S/C18H19BrN4O/c1-12(20-18(24)17-16(19)13(2)21-22(17)3)14-6-8-15(9-7-14)23-10-4-5-11-23/h4-12H,1-3H3,(H,20,24). The number of benzene rings is 1. The molecule has 2 heterocycles. The first-order valence-corrected chi connectivity index (χ1v) is 8.50. The van der Waals surface area contributed by atoms with Gasteiger partial charge in [-0.3, -0.25) is 9.48 Å². The molecule has 3 rings (SSSR count). The van der Waals surface area contributed by atoms with Crippen molar-refractivity contribution in [3.05, 3.63) is 70.2 Å². The third-order valence-electron chi connectivity index (χ3n) is 4.01. The highest BCUT2D eigenvalue weighted by atomic mass is 79.9. The molecular weight excluding hydrogens is 368 g/mol. The molecule has 1 unspecified atom stereocenters. The van der Waals surface area contributed by atoms with Crippen LogP contribution < -0.4 is 5.32 Å². The van der Waals surface area contributed by atoms with Crippen molar-refractivity contribution in [1.29, 1.82) is 0 Å². The zero-order chi connectivity index (χ0) is 17.3. The Morgan fingerprint density at radius 2 is 1.83 bits per heavy atom. The van der Waals surface area contributed by atoms with E-state index >= 15 is 0 Å². The molecule has 1 N–H and O–H groups in total. The first-order chi connectivity index (χ1) is 11.5. The molecule has 2 aromatic heterocycles. The molecule has 0 spiro atoms. The Balaban J connectivity index is 1.75. The van der Waals surface area contributed by atoms with E-state index in [-0.39, 0.29) is 11.9 Å². The first kappa shape index (κ1) is 16.5. The van der Waals surface area contributed by atoms with Crippen LogP contribution in [0.15, 0.2) is 53.3 Å². The van der Waals surface area contributed by atoms with Crippen molar-refractivity contribution in [2.45, 2.75) is 19.9 Å². The van der Waals surface area contributed by atoms with Crippen LogP contribution in [-0.2, 0) is 7.05 Å².